The predicted molar refractivity (Wildman–Crippen MR) is 55.2 cm³/mol. The van der Waals surface area contributed by atoms with Gasteiger partial charge in [-0.25, -0.2) is 0 Å². The van der Waals surface area contributed by atoms with Crippen LogP contribution in [0.2, 0.25) is 0 Å². The van der Waals surface area contributed by atoms with Crippen LogP contribution in [0.4, 0.5) is 0 Å². The molecule has 3 atom stereocenters. The summed E-state index contributed by atoms with van der Waals surface area (Å²) in [4.78, 5) is 0. The molecule has 2 N–H and O–H groups in total. The van der Waals surface area contributed by atoms with Crippen molar-refractivity contribution in [2.45, 2.75) is 56.8 Å². The minimum atomic E-state index is -0.139. The first kappa shape index (κ1) is 10.4. The SMILES string of the molecule is CC1(CN[C@H]2CCC[C@@H]2O)CCCO1. The molecule has 0 spiro atoms. The van der Waals surface area contributed by atoms with Crippen LogP contribution in [-0.2, 0) is 4.74 Å². The minimum Gasteiger partial charge on any atom is -0.392 e. The van der Waals surface area contributed by atoms with Crippen LogP contribution in [-0.4, -0.2) is 36.0 Å². The van der Waals surface area contributed by atoms with Gasteiger partial charge in [0, 0.05) is 19.2 Å². The third kappa shape index (κ3) is 2.27. The molecule has 3 heteroatoms. The van der Waals surface area contributed by atoms with Gasteiger partial charge in [-0.15, -0.1) is 0 Å². The van der Waals surface area contributed by atoms with E-state index in [9.17, 15) is 5.11 Å². The largest absolute Gasteiger partial charge is 0.392 e. The van der Waals surface area contributed by atoms with E-state index in [1.54, 1.807) is 0 Å². The molecule has 0 radical (unpaired) electrons. The van der Waals surface area contributed by atoms with E-state index in [0.29, 0.717) is 6.04 Å². The summed E-state index contributed by atoms with van der Waals surface area (Å²) < 4.78 is 5.69. The van der Waals surface area contributed by atoms with Crippen molar-refractivity contribution in [3.63, 3.8) is 0 Å². The van der Waals surface area contributed by atoms with Gasteiger partial charge in [-0.3, -0.25) is 0 Å². The summed E-state index contributed by atoms with van der Waals surface area (Å²) in [6.45, 7) is 3.94. The fourth-order valence-electron chi connectivity index (χ4n) is 2.50. The second-order valence-electron chi connectivity index (χ2n) is 4.89. The third-order valence-electron chi connectivity index (χ3n) is 3.52. The molecule has 2 fully saturated rings. The van der Waals surface area contributed by atoms with Crippen LogP contribution < -0.4 is 5.32 Å². The Bertz CT molecular complexity index is 190. The summed E-state index contributed by atoms with van der Waals surface area (Å²) in [5.41, 5.74) is 0.0162. The van der Waals surface area contributed by atoms with Gasteiger partial charge in [-0.2, -0.15) is 0 Å². The molecule has 3 nitrogen and oxygen atoms in total. The minimum absolute atomic E-state index is 0.0162. The van der Waals surface area contributed by atoms with Crippen LogP contribution in [0, 0.1) is 0 Å². The van der Waals surface area contributed by atoms with E-state index in [1.165, 1.54) is 6.42 Å². The molecule has 0 aromatic heterocycles. The average Bonchev–Trinajstić information content (AvgIpc) is 2.73. The first-order valence-corrected chi connectivity index (χ1v) is 5.75. The Morgan fingerprint density at radius 3 is 2.86 bits per heavy atom. The topological polar surface area (TPSA) is 41.5 Å². The number of rotatable bonds is 3. The quantitative estimate of drug-likeness (QED) is 0.714. The van der Waals surface area contributed by atoms with Gasteiger partial charge in [0.15, 0.2) is 0 Å². The molecule has 2 rings (SSSR count). The van der Waals surface area contributed by atoms with E-state index in [2.05, 4.69) is 12.2 Å². The zero-order chi connectivity index (χ0) is 10.0. The maximum Gasteiger partial charge on any atom is 0.0779 e. The van der Waals surface area contributed by atoms with Crippen LogP contribution in [0.15, 0.2) is 0 Å². The summed E-state index contributed by atoms with van der Waals surface area (Å²) in [6.07, 6.45) is 5.39. The third-order valence-corrected chi connectivity index (χ3v) is 3.52. The molecule has 1 unspecified atom stereocenters. The number of aliphatic hydroxyl groups is 1. The van der Waals surface area contributed by atoms with Crippen LogP contribution in [0.25, 0.3) is 0 Å². The smallest absolute Gasteiger partial charge is 0.0779 e. The van der Waals surface area contributed by atoms with Crippen molar-refractivity contribution in [2.75, 3.05) is 13.2 Å². The molecular weight excluding hydrogens is 178 g/mol. The van der Waals surface area contributed by atoms with Crippen LogP contribution in [0.1, 0.15) is 39.0 Å². The van der Waals surface area contributed by atoms with Crippen LogP contribution >= 0.6 is 0 Å². The van der Waals surface area contributed by atoms with Gasteiger partial charge >= 0.3 is 0 Å². The van der Waals surface area contributed by atoms with Gasteiger partial charge in [0.05, 0.1) is 11.7 Å². The monoisotopic (exact) mass is 199 g/mol. The lowest BCUT2D eigenvalue weighted by atomic mass is 10.0. The highest BCUT2D eigenvalue weighted by atomic mass is 16.5. The van der Waals surface area contributed by atoms with Gasteiger partial charge in [0.25, 0.3) is 0 Å². The van der Waals surface area contributed by atoms with Gasteiger partial charge < -0.3 is 15.2 Å². The van der Waals surface area contributed by atoms with Crippen molar-refractivity contribution in [1.29, 1.82) is 0 Å². The number of hydrogen-bond acceptors (Lipinski definition) is 3. The van der Waals surface area contributed by atoms with Gasteiger partial charge in [-0.1, -0.05) is 0 Å². The Morgan fingerprint density at radius 2 is 2.29 bits per heavy atom. The Hall–Kier alpha value is -0.120. The summed E-state index contributed by atoms with van der Waals surface area (Å²) >= 11 is 0. The maximum atomic E-state index is 9.64. The summed E-state index contributed by atoms with van der Waals surface area (Å²) in [5.74, 6) is 0. The molecule has 1 aliphatic carbocycles. The Balaban J connectivity index is 1.75. The highest BCUT2D eigenvalue weighted by Crippen LogP contribution is 2.25. The summed E-state index contributed by atoms with van der Waals surface area (Å²) in [7, 11) is 0. The second-order valence-corrected chi connectivity index (χ2v) is 4.89. The first-order chi connectivity index (χ1) is 6.70. The maximum absolute atomic E-state index is 9.64. The van der Waals surface area contributed by atoms with Gasteiger partial charge in [0.2, 0.25) is 0 Å². The molecular formula is C11H21NO2. The van der Waals surface area contributed by atoms with E-state index >= 15 is 0 Å². The Kier molecular flexibility index (Phi) is 3.10. The molecule has 1 saturated heterocycles. The molecule has 0 bridgehead atoms. The van der Waals surface area contributed by atoms with Crippen molar-refractivity contribution in [2.24, 2.45) is 0 Å². The van der Waals surface area contributed by atoms with E-state index in [0.717, 1.165) is 38.8 Å². The zero-order valence-electron chi connectivity index (χ0n) is 8.96. The molecule has 1 saturated carbocycles. The fraction of sp³-hybridized carbons (Fsp3) is 1.00. The van der Waals surface area contributed by atoms with E-state index in [-0.39, 0.29) is 11.7 Å². The highest BCUT2D eigenvalue weighted by molar-refractivity contribution is 4.88. The zero-order valence-corrected chi connectivity index (χ0v) is 8.96. The molecule has 82 valence electrons. The first-order valence-electron chi connectivity index (χ1n) is 5.75. The van der Waals surface area contributed by atoms with Crippen molar-refractivity contribution in [1.82, 2.24) is 5.32 Å². The van der Waals surface area contributed by atoms with E-state index in [1.807, 2.05) is 0 Å². The molecule has 14 heavy (non-hydrogen) atoms. The molecule has 1 aliphatic heterocycles. The number of hydrogen-bond donors (Lipinski definition) is 2. The lowest BCUT2D eigenvalue weighted by Gasteiger charge is -2.26. The van der Waals surface area contributed by atoms with Crippen LogP contribution in [0.3, 0.4) is 0 Å². The number of aliphatic hydroxyl groups excluding tert-OH is 1. The van der Waals surface area contributed by atoms with Crippen molar-refractivity contribution < 1.29 is 9.84 Å². The summed E-state index contributed by atoms with van der Waals surface area (Å²) in [6, 6.07) is 0.302. The second kappa shape index (κ2) is 4.17. The van der Waals surface area contributed by atoms with Crippen molar-refractivity contribution in [3.05, 3.63) is 0 Å². The lowest BCUT2D eigenvalue weighted by molar-refractivity contribution is 0.0149. The van der Waals surface area contributed by atoms with Crippen LogP contribution in [0.5, 0.6) is 0 Å². The molecule has 2 aliphatic rings. The molecule has 0 aromatic rings. The Morgan fingerprint density at radius 1 is 1.43 bits per heavy atom. The van der Waals surface area contributed by atoms with E-state index < -0.39 is 0 Å². The number of nitrogens with one attached hydrogen (secondary N) is 1. The van der Waals surface area contributed by atoms with Crippen molar-refractivity contribution >= 4 is 0 Å². The molecule has 0 amide bonds. The average molecular weight is 199 g/mol. The van der Waals surface area contributed by atoms with Gasteiger partial charge in [-0.05, 0) is 39.0 Å². The molecule has 0 aromatic carbocycles. The normalized spacial score (nSPS) is 43.3. The number of ether oxygens (including phenoxy) is 1. The standard InChI is InChI=1S/C11H21NO2/c1-11(6-3-7-14-11)8-12-9-4-2-5-10(9)13/h9-10,12-13H,2-8H2,1H3/t9-,10-,11?/m0/s1. The summed E-state index contributed by atoms with van der Waals surface area (Å²) in [5, 5.41) is 13.1. The van der Waals surface area contributed by atoms with Gasteiger partial charge in [0.1, 0.15) is 0 Å². The van der Waals surface area contributed by atoms with Crippen molar-refractivity contribution in [3.8, 4) is 0 Å². The predicted octanol–water partition coefficient (Wildman–Crippen LogP) is 1.06. The van der Waals surface area contributed by atoms with E-state index in [4.69, 9.17) is 4.74 Å². The fourth-order valence-corrected chi connectivity index (χ4v) is 2.50. The lowest BCUT2D eigenvalue weighted by Crippen LogP contribution is -2.44. The molecule has 1 heterocycles. The highest BCUT2D eigenvalue weighted by Gasteiger charge is 2.32. The Labute approximate surface area is 85.8 Å².